The maximum absolute atomic E-state index is 2.64. The molecule has 32 heavy (non-hydrogen) atoms. The van der Waals surface area contributed by atoms with Crippen molar-refractivity contribution < 1.29 is 0 Å². The predicted octanol–water partition coefficient (Wildman–Crippen LogP) is 9.93. The Kier molecular flexibility index (Phi) is 6.27. The van der Waals surface area contributed by atoms with E-state index in [2.05, 4.69) is 105 Å². The van der Waals surface area contributed by atoms with Crippen LogP contribution in [0.15, 0.2) is 35.1 Å². The molecule has 0 N–H and O–H groups in total. The molecule has 168 valence electrons. The van der Waals surface area contributed by atoms with Crippen molar-refractivity contribution in [3.05, 3.63) is 51.1 Å². The molecule has 0 saturated heterocycles. The summed E-state index contributed by atoms with van der Waals surface area (Å²) < 4.78 is 5.26. The Bertz CT molecular complexity index is 1140. The summed E-state index contributed by atoms with van der Waals surface area (Å²) in [6.07, 6.45) is 7.06. The third-order valence-corrected chi connectivity index (χ3v) is 16.9. The average molecular weight is 513 g/mol. The minimum Gasteiger partial charge on any atom is -0.158 e. The molecule has 3 aromatic rings. The monoisotopic (exact) mass is 512 g/mol. The standard InChI is InChI=1S/C22H21S4.C4H9.CH3.Al/c1-22(2,3)17-12-14-19(16-7-5-10-24-16)20-13(8-11-25-20)18(21(14)26-17)15-6-4-9-23-15;1-4(2)3;;/h4-5,8-10,12,15-16H,6-7H2,1-3H3;1-3H3;1H3;. The Balaban J connectivity index is 1.85. The second-order valence-electron chi connectivity index (χ2n) is 11.4. The van der Waals surface area contributed by atoms with E-state index >= 15 is 0 Å². The zero-order chi connectivity index (χ0) is 22.8. The van der Waals surface area contributed by atoms with Crippen LogP contribution in [0, 0.1) is 0 Å². The molecule has 2 aliphatic rings. The summed E-state index contributed by atoms with van der Waals surface area (Å²) in [5, 5.41) is 8.89. The zero-order valence-corrected chi connectivity index (χ0v) is 24.7. The summed E-state index contributed by atoms with van der Waals surface area (Å²) in [7, 11) is 0. The van der Waals surface area contributed by atoms with Gasteiger partial charge in [-0.1, -0.05) is 67.8 Å². The molecule has 2 unspecified atom stereocenters. The fourth-order valence-electron chi connectivity index (χ4n) is 4.64. The molecular weight excluding hydrogens is 480 g/mol. The van der Waals surface area contributed by atoms with Gasteiger partial charge in [-0.15, -0.1) is 40.6 Å². The van der Waals surface area contributed by atoms with E-state index in [1.807, 2.05) is 23.5 Å². The van der Waals surface area contributed by atoms with Crippen LogP contribution in [0.4, 0.5) is 0 Å². The van der Waals surface area contributed by atoms with Crippen molar-refractivity contribution in [1.29, 1.82) is 0 Å². The normalized spacial score (nSPS) is 21.5. The Labute approximate surface area is 214 Å². The molecule has 5 rings (SSSR count). The summed E-state index contributed by atoms with van der Waals surface area (Å²) in [6.45, 7) is 14.4. The fourth-order valence-corrected chi connectivity index (χ4v) is 12.6. The van der Waals surface area contributed by atoms with E-state index in [9.17, 15) is 0 Å². The summed E-state index contributed by atoms with van der Waals surface area (Å²) in [6, 6.07) is 5.21. The molecule has 0 aliphatic carbocycles. The van der Waals surface area contributed by atoms with Crippen LogP contribution in [-0.2, 0) is 5.41 Å². The molecule has 1 aromatic carbocycles. The van der Waals surface area contributed by atoms with Gasteiger partial charge >= 0.3 is 14.1 Å². The largest absolute Gasteiger partial charge is 0.325 e. The van der Waals surface area contributed by atoms with Crippen LogP contribution in [0.1, 0.15) is 80.9 Å². The Morgan fingerprint density at radius 2 is 1.31 bits per heavy atom. The van der Waals surface area contributed by atoms with E-state index in [-0.39, 0.29) is 5.41 Å². The summed E-state index contributed by atoms with van der Waals surface area (Å²) in [5.41, 5.74) is 3.44. The maximum atomic E-state index is 2.64. The quantitative estimate of drug-likeness (QED) is 0.320. The van der Waals surface area contributed by atoms with Crippen LogP contribution in [-0.4, -0.2) is 14.1 Å². The van der Waals surface area contributed by atoms with Crippen LogP contribution in [0.5, 0.6) is 0 Å². The molecule has 0 nitrogen and oxygen atoms in total. The van der Waals surface area contributed by atoms with Crippen LogP contribution in [0.25, 0.3) is 20.2 Å². The van der Waals surface area contributed by atoms with Crippen LogP contribution >= 0.6 is 46.2 Å². The molecule has 2 atom stereocenters. The van der Waals surface area contributed by atoms with Gasteiger partial charge in [-0.05, 0) is 57.0 Å². The number of allylic oxidation sites excluding steroid dienone is 2. The van der Waals surface area contributed by atoms with Crippen molar-refractivity contribution in [2.45, 2.75) is 80.4 Å². The van der Waals surface area contributed by atoms with E-state index < -0.39 is 14.1 Å². The van der Waals surface area contributed by atoms with Gasteiger partial charge in [0.2, 0.25) is 0 Å². The van der Waals surface area contributed by atoms with Gasteiger partial charge in [0.1, 0.15) is 0 Å². The highest BCUT2D eigenvalue weighted by atomic mass is 32.2. The van der Waals surface area contributed by atoms with Crippen molar-refractivity contribution in [2.24, 2.45) is 0 Å². The Hall–Kier alpha value is -0.148. The minimum atomic E-state index is -1.04. The number of hydrogen-bond acceptors (Lipinski definition) is 4. The molecule has 2 aromatic heterocycles. The molecule has 0 bridgehead atoms. The van der Waals surface area contributed by atoms with Gasteiger partial charge in [-0.25, -0.2) is 0 Å². The topological polar surface area (TPSA) is 0 Å². The van der Waals surface area contributed by atoms with Gasteiger partial charge in [0.25, 0.3) is 0 Å². The molecule has 0 radical (unpaired) electrons. The van der Waals surface area contributed by atoms with Crippen LogP contribution < -0.4 is 3.74 Å². The van der Waals surface area contributed by atoms with E-state index in [1.54, 1.807) is 35.0 Å². The molecule has 5 heteroatoms. The predicted molar refractivity (Wildman–Crippen MR) is 155 cm³/mol. The second kappa shape index (κ2) is 8.51. The highest BCUT2D eigenvalue weighted by Gasteiger charge is 2.34. The molecule has 0 spiro atoms. The van der Waals surface area contributed by atoms with Gasteiger partial charge < -0.3 is 0 Å². The van der Waals surface area contributed by atoms with Gasteiger partial charge in [-0.2, -0.15) is 11.3 Å². The smallest absolute Gasteiger partial charge is 0.158 e. The third kappa shape index (κ3) is 4.10. The van der Waals surface area contributed by atoms with Crippen molar-refractivity contribution in [1.82, 2.24) is 0 Å². The molecule has 4 heterocycles. The van der Waals surface area contributed by atoms with Crippen LogP contribution in [0.3, 0.4) is 0 Å². The lowest BCUT2D eigenvalue weighted by Crippen LogP contribution is -2.33. The van der Waals surface area contributed by atoms with Gasteiger partial charge in [0.15, 0.2) is 0 Å². The molecule has 0 saturated carbocycles. The lowest BCUT2D eigenvalue weighted by molar-refractivity contribution is 0.604. The molecule has 0 fully saturated rings. The first-order valence-electron chi connectivity index (χ1n) is 11.7. The first-order chi connectivity index (χ1) is 15.1. The number of hydrogen-bond donors (Lipinski definition) is 0. The second-order valence-corrected chi connectivity index (χ2v) is 20.0. The third-order valence-electron chi connectivity index (χ3n) is 7.04. The Morgan fingerprint density at radius 3 is 1.78 bits per heavy atom. The number of benzene rings is 1. The van der Waals surface area contributed by atoms with Crippen LogP contribution in [0.2, 0.25) is 10.1 Å². The first kappa shape index (κ1) is 23.6. The fraction of sp³-hybridized carbons (Fsp3) is 0.481. The highest BCUT2D eigenvalue weighted by Crippen LogP contribution is 2.54. The zero-order valence-electron chi connectivity index (χ0n) is 20.2. The maximum Gasteiger partial charge on any atom is 0.325 e. The SMILES string of the molecule is [CH3][Al]([c]1cc2c(C3CC=CS3)c3sc(C(C)(C)C)cc3c(C3CC=CS3)c2s1)[C](C)(C)C. The number of thiophene rings is 2. The van der Waals surface area contributed by atoms with Gasteiger partial charge in [-0.3, -0.25) is 0 Å². The minimum absolute atomic E-state index is 0.187. The van der Waals surface area contributed by atoms with Gasteiger partial charge in [0.05, 0.1) is 0 Å². The summed E-state index contributed by atoms with van der Waals surface area (Å²) in [4.78, 5) is 1.53. The summed E-state index contributed by atoms with van der Waals surface area (Å²) in [5.74, 6) is 2.56. The van der Waals surface area contributed by atoms with E-state index in [1.165, 1.54) is 4.88 Å². The number of thioether (sulfide) groups is 2. The summed E-state index contributed by atoms with van der Waals surface area (Å²) >= 11 is 7.23. The van der Waals surface area contributed by atoms with E-state index in [0.717, 1.165) is 12.8 Å². The molecule has 0 amide bonds. The van der Waals surface area contributed by atoms with Crippen molar-refractivity contribution in [2.75, 3.05) is 0 Å². The first-order valence-corrected chi connectivity index (χ1v) is 17.5. The average Bonchev–Trinajstić information content (AvgIpc) is 3.50. The lowest BCUT2D eigenvalue weighted by atomic mass is 9.92. The molecular formula is C27H33AlS4. The van der Waals surface area contributed by atoms with Crippen molar-refractivity contribution >= 4 is 84.3 Å². The number of fused-ring (bicyclic) bond motifs is 2. The van der Waals surface area contributed by atoms with Crippen molar-refractivity contribution in [3.8, 4) is 0 Å². The highest BCUT2D eigenvalue weighted by molar-refractivity contribution is 8.02. The van der Waals surface area contributed by atoms with E-state index in [0.29, 0.717) is 14.8 Å². The van der Waals surface area contributed by atoms with E-state index in [4.69, 9.17) is 0 Å². The molecule has 2 aliphatic heterocycles. The lowest BCUT2D eigenvalue weighted by Gasteiger charge is -2.21. The van der Waals surface area contributed by atoms with Gasteiger partial charge in [0, 0.05) is 24.8 Å². The number of rotatable bonds is 3. The Morgan fingerprint density at radius 1 is 0.781 bits per heavy atom. The van der Waals surface area contributed by atoms with Crippen molar-refractivity contribution in [3.63, 3.8) is 0 Å².